The van der Waals surface area contributed by atoms with Crippen LogP contribution in [0.4, 0.5) is 5.69 Å². The lowest BCUT2D eigenvalue weighted by molar-refractivity contribution is -0.385. The summed E-state index contributed by atoms with van der Waals surface area (Å²) in [6, 6.07) is 3.13. The Kier molecular flexibility index (Phi) is 4.42. The number of aromatic nitrogens is 1. The molecule has 1 aromatic rings. The van der Waals surface area contributed by atoms with E-state index >= 15 is 0 Å². The highest BCUT2D eigenvalue weighted by Gasteiger charge is 2.10. The van der Waals surface area contributed by atoms with Crippen LogP contribution in [-0.2, 0) is 0 Å². The van der Waals surface area contributed by atoms with Gasteiger partial charge in [0.05, 0.1) is 10.6 Å². The summed E-state index contributed by atoms with van der Waals surface area (Å²) in [6.07, 6.45) is 4.75. The summed E-state index contributed by atoms with van der Waals surface area (Å²) in [5, 5.41) is 11.4. The van der Waals surface area contributed by atoms with Crippen LogP contribution in [0.15, 0.2) is 18.2 Å². The maximum Gasteiger partial charge on any atom is 0.290 e. The molecule has 0 aliphatic heterocycles. The molecule has 0 aliphatic carbocycles. The molecule has 0 aromatic carbocycles. The van der Waals surface area contributed by atoms with Gasteiger partial charge in [0, 0.05) is 11.4 Å². The molecule has 0 fully saturated rings. The Morgan fingerprint density at radius 1 is 1.60 bits per heavy atom. The predicted octanol–water partition coefficient (Wildman–Crippen LogP) is 3.10. The molecule has 0 saturated carbocycles. The van der Waals surface area contributed by atoms with E-state index in [-0.39, 0.29) is 5.69 Å². The number of pyridine rings is 1. The zero-order valence-electron chi connectivity index (χ0n) is 8.31. The molecule has 0 spiro atoms. The Bertz CT molecular complexity index is 391. The van der Waals surface area contributed by atoms with E-state index in [9.17, 15) is 10.1 Å². The summed E-state index contributed by atoms with van der Waals surface area (Å²) in [6.45, 7) is 1.64. The van der Waals surface area contributed by atoms with E-state index in [4.69, 9.17) is 0 Å². The van der Waals surface area contributed by atoms with Crippen LogP contribution in [-0.4, -0.2) is 15.2 Å². The molecule has 0 saturated heterocycles. The summed E-state index contributed by atoms with van der Waals surface area (Å²) < 4.78 is 0. The van der Waals surface area contributed by atoms with Gasteiger partial charge in [-0.2, -0.15) is 0 Å². The summed E-state index contributed by atoms with van der Waals surface area (Å²) in [5.74, 6) is 0. The number of nitro groups is 1. The molecular formula is C10H11BrN2O2. The highest BCUT2D eigenvalue weighted by Crippen LogP contribution is 2.16. The van der Waals surface area contributed by atoms with Gasteiger partial charge >= 0.3 is 0 Å². The normalized spacial score (nSPS) is 10.8. The van der Waals surface area contributed by atoms with E-state index < -0.39 is 4.92 Å². The topological polar surface area (TPSA) is 56.0 Å². The van der Waals surface area contributed by atoms with E-state index in [1.165, 1.54) is 6.07 Å². The SMILES string of the molecule is Cc1nc(C=CCCBr)ccc1[N+](=O)[O-]. The number of halogens is 1. The molecule has 5 heteroatoms. The van der Waals surface area contributed by atoms with Crippen molar-refractivity contribution in [3.8, 4) is 0 Å². The summed E-state index contributed by atoms with van der Waals surface area (Å²) >= 11 is 3.31. The van der Waals surface area contributed by atoms with Crippen LogP contribution in [0.2, 0.25) is 0 Å². The first-order chi connectivity index (χ1) is 7.15. The highest BCUT2D eigenvalue weighted by molar-refractivity contribution is 9.09. The van der Waals surface area contributed by atoms with Gasteiger partial charge in [-0.25, -0.2) is 4.98 Å². The predicted molar refractivity (Wildman–Crippen MR) is 63.1 cm³/mol. The fourth-order valence-corrected chi connectivity index (χ4v) is 1.39. The third-order valence-corrected chi connectivity index (χ3v) is 2.30. The summed E-state index contributed by atoms with van der Waals surface area (Å²) in [7, 11) is 0. The molecule has 0 unspecified atom stereocenters. The Hall–Kier alpha value is -1.23. The fraction of sp³-hybridized carbons (Fsp3) is 0.300. The molecule has 0 aliphatic rings. The largest absolute Gasteiger partial charge is 0.290 e. The van der Waals surface area contributed by atoms with Crippen molar-refractivity contribution in [3.05, 3.63) is 39.7 Å². The number of hydrogen-bond acceptors (Lipinski definition) is 3. The third kappa shape index (κ3) is 3.43. The molecule has 0 radical (unpaired) electrons. The Morgan fingerprint density at radius 3 is 2.87 bits per heavy atom. The highest BCUT2D eigenvalue weighted by atomic mass is 79.9. The van der Waals surface area contributed by atoms with Crippen molar-refractivity contribution in [2.75, 3.05) is 5.33 Å². The average Bonchev–Trinajstić information content (AvgIpc) is 2.17. The number of aryl methyl sites for hydroxylation is 1. The average molecular weight is 271 g/mol. The van der Waals surface area contributed by atoms with Crippen molar-refractivity contribution in [3.63, 3.8) is 0 Å². The minimum absolute atomic E-state index is 0.0626. The summed E-state index contributed by atoms with van der Waals surface area (Å²) in [5.41, 5.74) is 1.26. The van der Waals surface area contributed by atoms with Crippen LogP contribution in [0.5, 0.6) is 0 Å². The Morgan fingerprint density at radius 2 is 2.33 bits per heavy atom. The number of allylic oxidation sites excluding steroid dienone is 1. The molecular weight excluding hydrogens is 260 g/mol. The molecule has 80 valence electrons. The number of nitrogens with zero attached hydrogens (tertiary/aromatic N) is 2. The molecule has 15 heavy (non-hydrogen) atoms. The summed E-state index contributed by atoms with van der Waals surface area (Å²) in [4.78, 5) is 14.2. The van der Waals surface area contributed by atoms with Crippen LogP contribution in [0.3, 0.4) is 0 Å². The van der Waals surface area contributed by atoms with Crippen LogP contribution < -0.4 is 0 Å². The van der Waals surface area contributed by atoms with Crippen molar-refractivity contribution in [2.45, 2.75) is 13.3 Å². The minimum atomic E-state index is -0.422. The molecule has 1 aromatic heterocycles. The smallest absolute Gasteiger partial charge is 0.258 e. The van der Waals surface area contributed by atoms with Crippen molar-refractivity contribution in [2.24, 2.45) is 0 Å². The molecule has 0 atom stereocenters. The molecule has 4 nitrogen and oxygen atoms in total. The van der Waals surface area contributed by atoms with Gasteiger partial charge in [0.25, 0.3) is 5.69 Å². The number of alkyl halides is 1. The maximum absolute atomic E-state index is 10.5. The molecule has 1 rings (SSSR count). The van der Waals surface area contributed by atoms with Gasteiger partial charge in [-0.3, -0.25) is 10.1 Å². The first-order valence-electron chi connectivity index (χ1n) is 4.49. The second kappa shape index (κ2) is 5.60. The zero-order valence-corrected chi connectivity index (χ0v) is 9.90. The molecule has 1 heterocycles. The second-order valence-corrected chi connectivity index (χ2v) is 3.77. The molecule has 0 amide bonds. The zero-order chi connectivity index (χ0) is 11.3. The standard InChI is InChI=1S/C10H11BrN2O2/c1-8-10(13(14)15)6-5-9(12-8)4-2-3-7-11/h2,4-6H,3,7H2,1H3. The van der Waals surface area contributed by atoms with Crippen LogP contribution in [0.1, 0.15) is 17.8 Å². The lowest BCUT2D eigenvalue weighted by Crippen LogP contribution is -1.95. The van der Waals surface area contributed by atoms with E-state index in [2.05, 4.69) is 20.9 Å². The van der Waals surface area contributed by atoms with E-state index in [1.54, 1.807) is 13.0 Å². The fourth-order valence-electron chi connectivity index (χ4n) is 1.13. The van der Waals surface area contributed by atoms with Crippen molar-refractivity contribution in [1.82, 2.24) is 4.98 Å². The monoisotopic (exact) mass is 270 g/mol. The van der Waals surface area contributed by atoms with Crippen LogP contribution in [0, 0.1) is 17.0 Å². The first-order valence-corrected chi connectivity index (χ1v) is 5.62. The minimum Gasteiger partial charge on any atom is -0.258 e. The van der Waals surface area contributed by atoms with Crippen LogP contribution in [0.25, 0.3) is 6.08 Å². The van der Waals surface area contributed by atoms with E-state index in [0.717, 1.165) is 17.4 Å². The lowest BCUT2D eigenvalue weighted by atomic mass is 10.2. The Labute approximate surface area is 96.3 Å². The van der Waals surface area contributed by atoms with Crippen LogP contribution >= 0.6 is 15.9 Å². The van der Waals surface area contributed by atoms with Gasteiger partial charge in [0.1, 0.15) is 5.69 Å². The lowest BCUT2D eigenvalue weighted by Gasteiger charge is -1.97. The van der Waals surface area contributed by atoms with E-state index in [0.29, 0.717) is 5.69 Å². The maximum atomic E-state index is 10.5. The second-order valence-electron chi connectivity index (χ2n) is 2.98. The van der Waals surface area contributed by atoms with Crippen molar-refractivity contribution in [1.29, 1.82) is 0 Å². The van der Waals surface area contributed by atoms with Gasteiger partial charge in [-0.05, 0) is 25.5 Å². The van der Waals surface area contributed by atoms with Crippen molar-refractivity contribution < 1.29 is 4.92 Å². The van der Waals surface area contributed by atoms with Gasteiger partial charge in [-0.1, -0.05) is 22.0 Å². The van der Waals surface area contributed by atoms with Crippen molar-refractivity contribution >= 4 is 27.7 Å². The first kappa shape index (κ1) is 11.8. The van der Waals surface area contributed by atoms with Gasteiger partial charge in [0.2, 0.25) is 0 Å². The number of hydrogen-bond donors (Lipinski definition) is 0. The number of rotatable bonds is 4. The third-order valence-electron chi connectivity index (χ3n) is 1.84. The van der Waals surface area contributed by atoms with Gasteiger partial charge < -0.3 is 0 Å². The quantitative estimate of drug-likeness (QED) is 0.480. The van der Waals surface area contributed by atoms with Gasteiger partial charge in [-0.15, -0.1) is 0 Å². The van der Waals surface area contributed by atoms with Gasteiger partial charge in [0.15, 0.2) is 0 Å². The molecule has 0 bridgehead atoms. The van der Waals surface area contributed by atoms with E-state index in [1.807, 2.05) is 12.2 Å². The molecule has 0 N–H and O–H groups in total. The Balaban J connectivity index is 2.87.